The first-order valence-electron chi connectivity index (χ1n) is 5.77. The number of rotatable bonds is 1. The van der Waals surface area contributed by atoms with E-state index in [1.807, 2.05) is 25.1 Å². The molecule has 19 heavy (non-hydrogen) atoms. The van der Waals surface area contributed by atoms with E-state index in [0.717, 1.165) is 15.0 Å². The first-order valence-corrected chi connectivity index (χ1v) is 6.58. The number of aromatic carboxylic acids is 1. The highest BCUT2D eigenvalue weighted by atomic mass is 32.1. The number of hydrogen-bond donors (Lipinski definition) is 1. The van der Waals surface area contributed by atoms with Gasteiger partial charge in [0.05, 0.1) is 5.56 Å². The van der Waals surface area contributed by atoms with E-state index in [9.17, 15) is 9.59 Å². The van der Waals surface area contributed by atoms with E-state index in [1.165, 1.54) is 23.5 Å². The summed E-state index contributed by atoms with van der Waals surface area (Å²) in [6.45, 7) is 1.93. The molecule has 3 aromatic rings. The van der Waals surface area contributed by atoms with Crippen molar-refractivity contribution < 1.29 is 9.90 Å². The van der Waals surface area contributed by atoms with E-state index in [-0.39, 0.29) is 11.0 Å². The lowest BCUT2D eigenvalue weighted by atomic mass is 10.1. The van der Waals surface area contributed by atoms with Crippen LogP contribution in [0.25, 0.3) is 20.2 Å². The predicted molar refractivity (Wildman–Crippen MR) is 77.3 cm³/mol. The molecule has 1 aromatic heterocycles. The number of hydrogen-bond acceptors (Lipinski definition) is 3. The highest BCUT2D eigenvalue weighted by Gasteiger charge is 2.09. The third-order valence-corrected chi connectivity index (χ3v) is 4.22. The molecule has 0 aliphatic carbocycles. The fourth-order valence-electron chi connectivity index (χ4n) is 2.10. The fraction of sp³-hybridized carbons (Fsp3) is 0.0667. The van der Waals surface area contributed by atoms with Crippen LogP contribution >= 0.6 is 11.3 Å². The molecule has 0 bridgehead atoms. The Morgan fingerprint density at radius 3 is 2.37 bits per heavy atom. The Labute approximate surface area is 112 Å². The number of benzene rings is 2. The maximum absolute atomic E-state index is 12.4. The van der Waals surface area contributed by atoms with Gasteiger partial charge in [-0.1, -0.05) is 11.6 Å². The van der Waals surface area contributed by atoms with Crippen LogP contribution in [-0.2, 0) is 0 Å². The number of carboxylic acid groups (broad SMARTS) is 1. The zero-order chi connectivity index (χ0) is 13.6. The van der Waals surface area contributed by atoms with E-state index in [1.54, 1.807) is 6.07 Å². The van der Waals surface area contributed by atoms with E-state index >= 15 is 0 Å². The summed E-state index contributed by atoms with van der Waals surface area (Å²) in [6, 6.07) is 10.4. The molecule has 3 nitrogen and oxygen atoms in total. The average molecular weight is 270 g/mol. The van der Waals surface area contributed by atoms with Crippen LogP contribution < -0.4 is 5.43 Å². The smallest absolute Gasteiger partial charge is 0.335 e. The standard InChI is InChI=1S/C15H10O3S/c1-8-2-4-12-10(6-8)14(16)11-7-9(15(17)18)3-5-13(11)19-12/h2-7H,1H3,(H,17,18). The minimum atomic E-state index is -1.02. The molecule has 0 fully saturated rings. The summed E-state index contributed by atoms with van der Waals surface area (Å²) in [4.78, 5) is 23.4. The Bertz CT molecular complexity index is 878. The Hall–Kier alpha value is -2.20. The molecule has 1 N–H and O–H groups in total. The maximum atomic E-state index is 12.4. The van der Waals surface area contributed by atoms with Gasteiger partial charge in [0.2, 0.25) is 0 Å². The molecule has 0 radical (unpaired) electrons. The summed E-state index contributed by atoms with van der Waals surface area (Å²) in [6.07, 6.45) is 0. The molecule has 0 spiro atoms. The maximum Gasteiger partial charge on any atom is 0.335 e. The van der Waals surface area contributed by atoms with Gasteiger partial charge in [0.1, 0.15) is 0 Å². The molecule has 0 saturated heterocycles. The van der Waals surface area contributed by atoms with Gasteiger partial charge in [0, 0.05) is 20.2 Å². The summed E-state index contributed by atoms with van der Waals surface area (Å²) >= 11 is 1.50. The molecule has 0 saturated carbocycles. The molecular formula is C15H10O3S. The van der Waals surface area contributed by atoms with Crippen LogP contribution in [0.4, 0.5) is 0 Å². The van der Waals surface area contributed by atoms with Crippen molar-refractivity contribution >= 4 is 37.5 Å². The Morgan fingerprint density at radius 2 is 1.68 bits per heavy atom. The molecule has 3 rings (SSSR count). The summed E-state index contributed by atoms with van der Waals surface area (Å²) < 4.78 is 1.73. The van der Waals surface area contributed by atoms with Gasteiger partial charge in [-0.3, -0.25) is 4.79 Å². The first kappa shape index (κ1) is 11.9. The molecular weight excluding hydrogens is 260 g/mol. The van der Waals surface area contributed by atoms with Crippen LogP contribution in [0.5, 0.6) is 0 Å². The molecule has 0 amide bonds. The van der Waals surface area contributed by atoms with Crippen LogP contribution in [0.15, 0.2) is 41.2 Å². The normalized spacial score (nSPS) is 11.0. The van der Waals surface area contributed by atoms with Crippen molar-refractivity contribution in [3.05, 3.63) is 57.7 Å². The van der Waals surface area contributed by atoms with E-state index in [4.69, 9.17) is 5.11 Å². The molecule has 0 unspecified atom stereocenters. The van der Waals surface area contributed by atoms with Crippen LogP contribution in [-0.4, -0.2) is 11.1 Å². The highest BCUT2D eigenvalue weighted by molar-refractivity contribution is 7.24. The van der Waals surface area contributed by atoms with Crippen molar-refractivity contribution in [1.82, 2.24) is 0 Å². The van der Waals surface area contributed by atoms with Crippen molar-refractivity contribution in [2.24, 2.45) is 0 Å². The van der Waals surface area contributed by atoms with Crippen molar-refractivity contribution in [3.8, 4) is 0 Å². The monoisotopic (exact) mass is 270 g/mol. The third kappa shape index (κ3) is 1.90. The summed E-state index contributed by atoms with van der Waals surface area (Å²) in [7, 11) is 0. The van der Waals surface area contributed by atoms with Gasteiger partial charge < -0.3 is 5.11 Å². The second kappa shape index (κ2) is 4.17. The number of carbonyl (C=O) groups is 1. The van der Waals surface area contributed by atoms with Crippen LogP contribution in [0.1, 0.15) is 15.9 Å². The van der Waals surface area contributed by atoms with Gasteiger partial charge in [-0.15, -0.1) is 11.3 Å². The van der Waals surface area contributed by atoms with Gasteiger partial charge in [-0.05, 0) is 37.3 Å². The van der Waals surface area contributed by atoms with Crippen molar-refractivity contribution in [2.45, 2.75) is 6.92 Å². The van der Waals surface area contributed by atoms with Gasteiger partial charge in [-0.2, -0.15) is 0 Å². The first-order chi connectivity index (χ1) is 9.06. The van der Waals surface area contributed by atoms with Crippen molar-refractivity contribution in [3.63, 3.8) is 0 Å². The number of fused-ring (bicyclic) bond motifs is 2. The van der Waals surface area contributed by atoms with Crippen molar-refractivity contribution in [1.29, 1.82) is 0 Å². The number of carboxylic acids is 1. The summed E-state index contributed by atoms with van der Waals surface area (Å²) in [5.41, 5.74) is 1.06. The molecule has 0 aliphatic heterocycles. The zero-order valence-electron chi connectivity index (χ0n) is 10.1. The van der Waals surface area contributed by atoms with Crippen LogP contribution in [0.2, 0.25) is 0 Å². The molecule has 2 aromatic carbocycles. The second-order valence-corrected chi connectivity index (χ2v) is 5.53. The molecule has 0 atom stereocenters. The Balaban J connectivity index is 2.48. The van der Waals surface area contributed by atoms with Gasteiger partial charge in [0.25, 0.3) is 0 Å². The topological polar surface area (TPSA) is 54.4 Å². The predicted octanol–water partition coefficient (Wildman–Crippen LogP) is 3.42. The lowest BCUT2D eigenvalue weighted by Gasteiger charge is -2.03. The lowest BCUT2D eigenvalue weighted by Crippen LogP contribution is -2.03. The van der Waals surface area contributed by atoms with Crippen LogP contribution in [0, 0.1) is 6.92 Å². The summed E-state index contributed by atoms with van der Waals surface area (Å²) in [5.74, 6) is -1.02. The van der Waals surface area contributed by atoms with E-state index < -0.39 is 5.97 Å². The van der Waals surface area contributed by atoms with Gasteiger partial charge in [0.15, 0.2) is 5.43 Å². The van der Waals surface area contributed by atoms with Crippen LogP contribution in [0.3, 0.4) is 0 Å². The quantitative estimate of drug-likeness (QED) is 0.689. The Kier molecular flexibility index (Phi) is 2.61. The zero-order valence-corrected chi connectivity index (χ0v) is 11.0. The molecule has 94 valence electrons. The average Bonchev–Trinajstić information content (AvgIpc) is 2.39. The molecule has 0 aliphatic rings. The fourth-order valence-corrected chi connectivity index (χ4v) is 3.14. The minimum absolute atomic E-state index is 0.101. The van der Waals surface area contributed by atoms with E-state index in [0.29, 0.717) is 10.8 Å². The van der Waals surface area contributed by atoms with E-state index in [2.05, 4.69) is 0 Å². The minimum Gasteiger partial charge on any atom is -0.478 e. The SMILES string of the molecule is Cc1ccc2sc3ccc(C(=O)O)cc3c(=O)c2c1. The second-order valence-electron chi connectivity index (χ2n) is 4.45. The highest BCUT2D eigenvalue weighted by Crippen LogP contribution is 2.25. The largest absolute Gasteiger partial charge is 0.478 e. The summed E-state index contributed by atoms with van der Waals surface area (Å²) in [5, 5.41) is 10.1. The van der Waals surface area contributed by atoms with Gasteiger partial charge >= 0.3 is 5.97 Å². The molecule has 4 heteroatoms. The Morgan fingerprint density at radius 1 is 1.05 bits per heavy atom. The number of aryl methyl sites for hydroxylation is 1. The van der Waals surface area contributed by atoms with Gasteiger partial charge in [-0.25, -0.2) is 4.79 Å². The third-order valence-electron chi connectivity index (χ3n) is 3.07. The molecule has 1 heterocycles. The lowest BCUT2D eigenvalue weighted by molar-refractivity contribution is 0.0697. The van der Waals surface area contributed by atoms with Crippen molar-refractivity contribution in [2.75, 3.05) is 0 Å².